The third-order valence-corrected chi connectivity index (χ3v) is 4.26. The van der Waals surface area contributed by atoms with Gasteiger partial charge in [0.05, 0.1) is 6.04 Å². The summed E-state index contributed by atoms with van der Waals surface area (Å²) in [5, 5.41) is 3.27. The summed E-state index contributed by atoms with van der Waals surface area (Å²) in [6.45, 7) is 3.10. The zero-order chi connectivity index (χ0) is 14.4. The zero-order valence-electron chi connectivity index (χ0n) is 11.8. The molecule has 1 aromatic heterocycles. The van der Waals surface area contributed by atoms with Gasteiger partial charge in [-0.1, -0.05) is 19.1 Å². The van der Waals surface area contributed by atoms with Crippen LogP contribution in [0.3, 0.4) is 0 Å². The highest BCUT2D eigenvalue weighted by Crippen LogP contribution is 2.26. The molecule has 0 saturated carbocycles. The Kier molecular flexibility index (Phi) is 5.61. The van der Waals surface area contributed by atoms with Crippen molar-refractivity contribution in [2.24, 2.45) is 0 Å². The second kappa shape index (κ2) is 7.45. The molecule has 0 bridgehead atoms. The van der Waals surface area contributed by atoms with Gasteiger partial charge >= 0.3 is 0 Å². The Labute approximate surface area is 123 Å². The fourth-order valence-electron chi connectivity index (χ4n) is 2.08. The number of hydrogen-bond donors (Lipinski definition) is 1. The number of aromatic nitrogens is 2. The van der Waals surface area contributed by atoms with E-state index in [2.05, 4.69) is 21.8 Å². The number of aryl methyl sites for hydroxylation is 1. The molecule has 1 atom stereocenters. The second-order valence-electron chi connectivity index (χ2n) is 4.56. The maximum Gasteiger partial charge on any atom is 0.136 e. The molecule has 1 unspecified atom stereocenters. The fourth-order valence-corrected chi connectivity index (χ4v) is 3.13. The van der Waals surface area contributed by atoms with Crippen molar-refractivity contribution in [2.45, 2.75) is 30.8 Å². The molecule has 0 aliphatic carbocycles. The van der Waals surface area contributed by atoms with Crippen LogP contribution in [0, 0.1) is 5.82 Å². The van der Waals surface area contributed by atoms with Gasteiger partial charge in [-0.05, 0) is 25.6 Å². The van der Waals surface area contributed by atoms with Crippen molar-refractivity contribution in [3.05, 3.63) is 48.3 Å². The smallest absolute Gasteiger partial charge is 0.136 e. The molecule has 1 N–H and O–H groups in total. The average molecular weight is 293 g/mol. The lowest BCUT2D eigenvalue weighted by Gasteiger charge is -2.17. The van der Waals surface area contributed by atoms with Crippen LogP contribution in [0.1, 0.15) is 25.2 Å². The number of hydrogen-bond acceptors (Lipinski definition) is 3. The standard InChI is InChI=1S/C15H20FN3S/c1-3-9-19-10-8-18-15(19)13(17-2)11-20-14-7-5-4-6-12(14)16/h4-8,10,13,17H,3,9,11H2,1-2H3. The van der Waals surface area contributed by atoms with E-state index in [9.17, 15) is 4.39 Å². The van der Waals surface area contributed by atoms with Crippen LogP contribution >= 0.6 is 11.8 Å². The molecular formula is C15H20FN3S. The van der Waals surface area contributed by atoms with Gasteiger partial charge in [0.1, 0.15) is 11.6 Å². The third-order valence-electron chi connectivity index (χ3n) is 3.11. The van der Waals surface area contributed by atoms with E-state index in [1.54, 1.807) is 6.07 Å². The van der Waals surface area contributed by atoms with Crippen molar-refractivity contribution < 1.29 is 4.39 Å². The summed E-state index contributed by atoms with van der Waals surface area (Å²) in [6, 6.07) is 6.99. The molecule has 108 valence electrons. The summed E-state index contributed by atoms with van der Waals surface area (Å²) in [4.78, 5) is 5.12. The van der Waals surface area contributed by atoms with Gasteiger partial charge in [0.25, 0.3) is 0 Å². The lowest BCUT2D eigenvalue weighted by molar-refractivity contribution is 0.551. The van der Waals surface area contributed by atoms with Crippen molar-refractivity contribution in [2.75, 3.05) is 12.8 Å². The van der Waals surface area contributed by atoms with E-state index in [0.717, 1.165) is 24.5 Å². The van der Waals surface area contributed by atoms with Crippen molar-refractivity contribution in [1.82, 2.24) is 14.9 Å². The van der Waals surface area contributed by atoms with E-state index in [-0.39, 0.29) is 11.9 Å². The van der Waals surface area contributed by atoms with Gasteiger partial charge in [-0.3, -0.25) is 0 Å². The van der Waals surface area contributed by atoms with Gasteiger partial charge < -0.3 is 9.88 Å². The number of nitrogens with one attached hydrogen (secondary N) is 1. The number of thioether (sulfide) groups is 1. The molecular weight excluding hydrogens is 273 g/mol. The van der Waals surface area contributed by atoms with Gasteiger partial charge in [0.2, 0.25) is 0 Å². The zero-order valence-corrected chi connectivity index (χ0v) is 12.7. The number of nitrogens with zero attached hydrogens (tertiary/aromatic N) is 2. The largest absolute Gasteiger partial charge is 0.334 e. The van der Waals surface area contributed by atoms with Crippen LogP contribution in [-0.2, 0) is 6.54 Å². The van der Waals surface area contributed by atoms with Crippen molar-refractivity contribution >= 4 is 11.8 Å². The normalized spacial score (nSPS) is 12.6. The van der Waals surface area contributed by atoms with Crippen LogP contribution in [0.2, 0.25) is 0 Å². The molecule has 3 nitrogen and oxygen atoms in total. The number of benzene rings is 1. The Bertz CT molecular complexity index is 541. The monoisotopic (exact) mass is 293 g/mol. The molecule has 0 fully saturated rings. The summed E-state index contributed by atoms with van der Waals surface area (Å²) in [5.41, 5.74) is 0. The maximum atomic E-state index is 13.6. The first-order valence-corrected chi connectivity index (χ1v) is 7.80. The summed E-state index contributed by atoms with van der Waals surface area (Å²) in [5.74, 6) is 1.60. The van der Waals surface area contributed by atoms with Crippen molar-refractivity contribution in [1.29, 1.82) is 0 Å². The molecule has 2 rings (SSSR count). The predicted octanol–water partition coefficient (Wildman–Crippen LogP) is 3.49. The highest BCUT2D eigenvalue weighted by molar-refractivity contribution is 7.99. The van der Waals surface area contributed by atoms with E-state index in [1.165, 1.54) is 17.8 Å². The molecule has 0 saturated heterocycles. The van der Waals surface area contributed by atoms with Gasteiger partial charge in [0, 0.05) is 29.6 Å². The van der Waals surface area contributed by atoms with E-state index < -0.39 is 0 Å². The minimum Gasteiger partial charge on any atom is -0.334 e. The summed E-state index contributed by atoms with van der Waals surface area (Å²) >= 11 is 1.51. The lowest BCUT2D eigenvalue weighted by Crippen LogP contribution is -2.23. The van der Waals surface area contributed by atoms with E-state index >= 15 is 0 Å². The number of rotatable bonds is 7. The maximum absolute atomic E-state index is 13.6. The predicted molar refractivity (Wildman–Crippen MR) is 81.4 cm³/mol. The Morgan fingerprint density at radius 2 is 2.20 bits per heavy atom. The van der Waals surface area contributed by atoms with Crippen LogP contribution in [0.15, 0.2) is 41.6 Å². The summed E-state index contributed by atoms with van der Waals surface area (Å²) < 4.78 is 15.8. The third kappa shape index (κ3) is 3.61. The first-order valence-electron chi connectivity index (χ1n) is 6.82. The molecule has 0 aliphatic heterocycles. The molecule has 20 heavy (non-hydrogen) atoms. The van der Waals surface area contributed by atoms with E-state index in [0.29, 0.717) is 4.90 Å². The van der Waals surface area contributed by atoms with Crippen LogP contribution in [0.4, 0.5) is 4.39 Å². The van der Waals surface area contributed by atoms with Crippen molar-refractivity contribution in [3.8, 4) is 0 Å². The number of halogens is 1. The van der Waals surface area contributed by atoms with Crippen LogP contribution in [-0.4, -0.2) is 22.4 Å². The summed E-state index contributed by atoms with van der Waals surface area (Å²) in [6.07, 6.45) is 4.89. The highest BCUT2D eigenvalue weighted by Gasteiger charge is 2.16. The summed E-state index contributed by atoms with van der Waals surface area (Å²) in [7, 11) is 1.91. The minimum atomic E-state index is -0.163. The van der Waals surface area contributed by atoms with Gasteiger partial charge in [-0.2, -0.15) is 0 Å². The minimum absolute atomic E-state index is 0.112. The van der Waals surface area contributed by atoms with E-state index in [4.69, 9.17) is 0 Å². The number of imidazole rings is 1. The average Bonchev–Trinajstić information content (AvgIpc) is 2.90. The van der Waals surface area contributed by atoms with Gasteiger partial charge in [0.15, 0.2) is 0 Å². The molecule has 0 spiro atoms. The van der Waals surface area contributed by atoms with Gasteiger partial charge in [-0.15, -0.1) is 11.8 Å². The Morgan fingerprint density at radius 3 is 2.90 bits per heavy atom. The van der Waals surface area contributed by atoms with Gasteiger partial charge in [-0.25, -0.2) is 9.37 Å². The SMILES string of the molecule is CCCn1ccnc1C(CSc1ccccc1F)NC. The molecule has 5 heteroatoms. The van der Waals surface area contributed by atoms with Crippen LogP contribution in [0.25, 0.3) is 0 Å². The first kappa shape index (κ1) is 15.1. The fraction of sp³-hybridized carbons (Fsp3) is 0.400. The highest BCUT2D eigenvalue weighted by atomic mass is 32.2. The van der Waals surface area contributed by atoms with Crippen LogP contribution in [0.5, 0.6) is 0 Å². The second-order valence-corrected chi connectivity index (χ2v) is 5.62. The quantitative estimate of drug-likeness (QED) is 0.793. The lowest BCUT2D eigenvalue weighted by atomic mass is 10.3. The Balaban J connectivity index is 2.06. The molecule has 2 aromatic rings. The van der Waals surface area contributed by atoms with E-state index in [1.807, 2.05) is 31.6 Å². The Hall–Kier alpha value is -1.33. The first-order chi connectivity index (χ1) is 9.76. The molecule has 0 amide bonds. The van der Waals surface area contributed by atoms with Crippen molar-refractivity contribution in [3.63, 3.8) is 0 Å². The Morgan fingerprint density at radius 1 is 1.40 bits per heavy atom. The molecule has 0 aliphatic rings. The molecule has 1 aromatic carbocycles. The van der Waals surface area contributed by atoms with Crippen LogP contribution < -0.4 is 5.32 Å². The molecule has 1 heterocycles. The molecule has 0 radical (unpaired) electrons. The topological polar surface area (TPSA) is 29.9 Å².